The molecular weight excluding hydrogens is 248 g/mol. The Labute approximate surface area is 119 Å². The zero-order valence-electron chi connectivity index (χ0n) is 12.0. The van der Waals surface area contributed by atoms with Crippen molar-refractivity contribution >= 4 is 17.0 Å². The van der Waals surface area contributed by atoms with Crippen LogP contribution in [0.2, 0.25) is 0 Å². The molecule has 2 N–H and O–H groups in total. The average Bonchev–Trinajstić information content (AvgIpc) is 2.60. The molecular formula is C17H20N2O. The van der Waals surface area contributed by atoms with Gasteiger partial charge >= 0.3 is 0 Å². The Balaban J connectivity index is 1.97. The minimum atomic E-state index is -0.213. The van der Waals surface area contributed by atoms with E-state index in [-0.39, 0.29) is 5.60 Å². The molecule has 0 aliphatic carbocycles. The first-order valence-corrected chi connectivity index (χ1v) is 7.39. The Hall–Kier alpha value is -1.74. The second-order valence-electron chi connectivity index (χ2n) is 6.27. The lowest BCUT2D eigenvalue weighted by molar-refractivity contribution is 0.159. The summed E-state index contributed by atoms with van der Waals surface area (Å²) < 4.78 is 6.10. The molecule has 1 aromatic carbocycles. The first kappa shape index (κ1) is 12.0. The van der Waals surface area contributed by atoms with Crippen LogP contribution in [0.3, 0.4) is 0 Å². The number of hydrogen-bond acceptors (Lipinski definition) is 2. The lowest BCUT2D eigenvalue weighted by Gasteiger charge is -2.28. The number of H-pyrrole nitrogens is 1. The fourth-order valence-electron chi connectivity index (χ4n) is 3.32. The molecule has 3 nitrogen and oxygen atoms in total. The summed E-state index contributed by atoms with van der Waals surface area (Å²) in [6.07, 6.45) is 6.55. The fourth-order valence-corrected chi connectivity index (χ4v) is 3.32. The number of benzene rings is 1. The molecule has 0 saturated carbocycles. The summed E-state index contributed by atoms with van der Waals surface area (Å²) in [5, 5.41) is 4.82. The highest BCUT2D eigenvalue weighted by molar-refractivity contribution is 5.95. The summed E-state index contributed by atoms with van der Waals surface area (Å²) in [4.78, 5) is 3.60. The monoisotopic (exact) mass is 268 g/mol. The van der Waals surface area contributed by atoms with Gasteiger partial charge in [-0.05, 0) is 50.6 Å². The van der Waals surface area contributed by atoms with Gasteiger partial charge in [0.1, 0.15) is 11.4 Å². The number of hydrogen-bond donors (Lipinski definition) is 2. The molecule has 3 heterocycles. The molecule has 1 aromatic heterocycles. The molecule has 0 saturated heterocycles. The minimum absolute atomic E-state index is 0.213. The molecule has 2 aromatic rings. The quantitative estimate of drug-likeness (QED) is 0.770. The van der Waals surface area contributed by atoms with Gasteiger partial charge in [0.2, 0.25) is 0 Å². The van der Waals surface area contributed by atoms with Gasteiger partial charge in [0, 0.05) is 35.1 Å². The highest BCUT2D eigenvalue weighted by Gasteiger charge is 2.25. The van der Waals surface area contributed by atoms with Gasteiger partial charge in [0.25, 0.3) is 0 Å². The molecule has 4 rings (SSSR count). The normalized spacial score (nSPS) is 20.1. The molecule has 104 valence electrons. The average molecular weight is 268 g/mol. The van der Waals surface area contributed by atoms with Crippen LogP contribution in [-0.4, -0.2) is 23.7 Å². The second kappa shape index (κ2) is 4.13. The van der Waals surface area contributed by atoms with Crippen LogP contribution in [0.5, 0.6) is 5.75 Å². The van der Waals surface area contributed by atoms with Crippen molar-refractivity contribution in [3.8, 4) is 5.75 Å². The first-order chi connectivity index (χ1) is 9.64. The van der Waals surface area contributed by atoms with Crippen LogP contribution in [0, 0.1) is 0 Å². The van der Waals surface area contributed by atoms with E-state index < -0.39 is 0 Å². The Morgan fingerprint density at radius 3 is 2.90 bits per heavy atom. The maximum atomic E-state index is 6.10. The molecule has 0 unspecified atom stereocenters. The van der Waals surface area contributed by atoms with E-state index in [0.29, 0.717) is 0 Å². The molecule has 2 aliphatic heterocycles. The van der Waals surface area contributed by atoms with Gasteiger partial charge < -0.3 is 15.0 Å². The van der Waals surface area contributed by atoms with Crippen LogP contribution < -0.4 is 10.1 Å². The first-order valence-electron chi connectivity index (χ1n) is 7.39. The van der Waals surface area contributed by atoms with Gasteiger partial charge in [-0.3, -0.25) is 0 Å². The maximum Gasteiger partial charge on any atom is 0.128 e. The number of rotatable bonds is 0. The Morgan fingerprint density at radius 1 is 1.15 bits per heavy atom. The summed E-state index contributed by atoms with van der Waals surface area (Å²) >= 11 is 0. The summed E-state index contributed by atoms with van der Waals surface area (Å²) in [6, 6.07) is 4.25. The van der Waals surface area contributed by atoms with E-state index >= 15 is 0 Å². The highest BCUT2D eigenvalue weighted by atomic mass is 16.5. The topological polar surface area (TPSA) is 37.0 Å². The van der Waals surface area contributed by atoms with Crippen molar-refractivity contribution in [1.29, 1.82) is 0 Å². The second-order valence-corrected chi connectivity index (χ2v) is 6.27. The van der Waals surface area contributed by atoms with Crippen LogP contribution in [0.25, 0.3) is 17.0 Å². The van der Waals surface area contributed by atoms with Gasteiger partial charge in [-0.2, -0.15) is 0 Å². The summed E-state index contributed by atoms with van der Waals surface area (Å²) in [5.41, 5.74) is 5.12. The summed E-state index contributed by atoms with van der Waals surface area (Å²) in [7, 11) is 0. The smallest absolute Gasteiger partial charge is 0.128 e. The third kappa shape index (κ3) is 1.77. The molecule has 0 radical (unpaired) electrons. The van der Waals surface area contributed by atoms with E-state index in [1.165, 1.54) is 27.7 Å². The third-order valence-corrected chi connectivity index (χ3v) is 4.29. The Morgan fingerprint density at radius 2 is 2.00 bits per heavy atom. The van der Waals surface area contributed by atoms with E-state index in [2.05, 4.69) is 48.4 Å². The number of ether oxygens (including phenoxy) is 1. The van der Waals surface area contributed by atoms with Crippen molar-refractivity contribution in [3.05, 3.63) is 35.0 Å². The minimum Gasteiger partial charge on any atom is -0.483 e. The molecule has 0 atom stereocenters. The Bertz CT molecular complexity index is 709. The molecule has 3 heteroatoms. The summed E-state index contributed by atoms with van der Waals surface area (Å²) in [5.74, 6) is 1.00. The van der Waals surface area contributed by atoms with E-state index in [9.17, 15) is 0 Å². The third-order valence-electron chi connectivity index (χ3n) is 4.29. The number of aromatic amines is 1. The molecule has 0 spiro atoms. The predicted molar refractivity (Wildman–Crippen MR) is 82.3 cm³/mol. The molecule has 0 bridgehead atoms. The lowest BCUT2D eigenvalue weighted by Crippen LogP contribution is -2.27. The van der Waals surface area contributed by atoms with Crippen LogP contribution >= 0.6 is 0 Å². The van der Waals surface area contributed by atoms with Gasteiger partial charge in [-0.25, -0.2) is 0 Å². The molecule has 0 fully saturated rings. The SMILES string of the molecule is CC1(C)C=Cc2c(ccc3[nH]c4c(c23)CCNCC4)O1. The van der Waals surface area contributed by atoms with E-state index in [0.717, 1.165) is 31.7 Å². The zero-order valence-corrected chi connectivity index (χ0v) is 12.0. The van der Waals surface area contributed by atoms with Crippen molar-refractivity contribution in [3.63, 3.8) is 0 Å². The van der Waals surface area contributed by atoms with Gasteiger partial charge in [0.05, 0.1) is 0 Å². The van der Waals surface area contributed by atoms with Crippen LogP contribution in [0.1, 0.15) is 30.7 Å². The van der Waals surface area contributed by atoms with Gasteiger partial charge in [-0.1, -0.05) is 6.08 Å². The van der Waals surface area contributed by atoms with Crippen LogP contribution in [0.4, 0.5) is 0 Å². The largest absolute Gasteiger partial charge is 0.483 e. The summed E-state index contributed by atoms with van der Waals surface area (Å²) in [6.45, 7) is 6.30. The maximum absolute atomic E-state index is 6.10. The van der Waals surface area contributed by atoms with Gasteiger partial charge in [-0.15, -0.1) is 0 Å². The van der Waals surface area contributed by atoms with Crippen molar-refractivity contribution in [2.24, 2.45) is 0 Å². The predicted octanol–water partition coefficient (Wildman–Crippen LogP) is 3.04. The molecule has 20 heavy (non-hydrogen) atoms. The van der Waals surface area contributed by atoms with E-state index in [1.54, 1.807) is 0 Å². The van der Waals surface area contributed by atoms with Crippen molar-refractivity contribution in [2.75, 3.05) is 13.1 Å². The number of nitrogens with one attached hydrogen (secondary N) is 2. The highest BCUT2D eigenvalue weighted by Crippen LogP contribution is 2.38. The van der Waals surface area contributed by atoms with E-state index in [1.807, 2.05) is 0 Å². The zero-order chi connectivity index (χ0) is 13.7. The number of aromatic nitrogens is 1. The van der Waals surface area contributed by atoms with Crippen molar-refractivity contribution in [2.45, 2.75) is 32.3 Å². The van der Waals surface area contributed by atoms with Gasteiger partial charge in [0.15, 0.2) is 0 Å². The Kier molecular flexibility index (Phi) is 2.48. The fraction of sp³-hybridized carbons (Fsp3) is 0.412. The lowest BCUT2D eigenvalue weighted by atomic mass is 9.96. The standard InChI is InChI=1S/C17H20N2O/c1-17(2)8-5-12-15(20-17)4-3-14-16(12)11-6-9-18-10-7-13(11)19-14/h3-5,8,18-19H,6-7,9-10H2,1-2H3. The van der Waals surface area contributed by atoms with Crippen molar-refractivity contribution < 1.29 is 4.74 Å². The molecule has 0 amide bonds. The van der Waals surface area contributed by atoms with Crippen LogP contribution in [-0.2, 0) is 12.8 Å². The van der Waals surface area contributed by atoms with Crippen LogP contribution in [0.15, 0.2) is 18.2 Å². The van der Waals surface area contributed by atoms with E-state index in [4.69, 9.17) is 4.74 Å². The molecule has 2 aliphatic rings. The number of fused-ring (bicyclic) bond motifs is 5. The van der Waals surface area contributed by atoms with Crippen molar-refractivity contribution in [1.82, 2.24) is 10.3 Å².